The molecule has 19 heteroatoms. The summed E-state index contributed by atoms with van der Waals surface area (Å²) >= 11 is 0. The molecule has 0 bridgehead atoms. The van der Waals surface area contributed by atoms with Crippen molar-refractivity contribution < 1.29 is 80.2 Å². The zero-order valence-electron chi connectivity index (χ0n) is 60.2. The van der Waals surface area contributed by atoms with Crippen LogP contribution in [-0.4, -0.2) is 96.7 Å². The number of aliphatic hydroxyl groups is 1. The van der Waals surface area contributed by atoms with Crippen LogP contribution in [0.4, 0.5) is 0 Å². The fraction of sp³-hybridized carbons (Fsp3) is 0.945. The number of unbranched alkanes of at least 4 members (excludes halogenated alkanes) is 35. The Hall–Kier alpha value is -1.94. The molecule has 0 aliphatic heterocycles. The van der Waals surface area contributed by atoms with Gasteiger partial charge in [0, 0.05) is 25.7 Å². The fourth-order valence-electron chi connectivity index (χ4n) is 11.0. The van der Waals surface area contributed by atoms with E-state index in [1.807, 2.05) is 0 Å². The van der Waals surface area contributed by atoms with Crippen molar-refractivity contribution in [2.45, 2.75) is 382 Å². The van der Waals surface area contributed by atoms with Crippen LogP contribution in [-0.2, 0) is 65.4 Å². The molecule has 6 atom stereocenters. The maximum atomic E-state index is 13.0. The van der Waals surface area contributed by atoms with Crippen molar-refractivity contribution in [1.82, 2.24) is 0 Å². The third-order valence-corrected chi connectivity index (χ3v) is 19.1. The van der Waals surface area contributed by atoms with Crippen LogP contribution in [0.5, 0.6) is 0 Å². The van der Waals surface area contributed by atoms with Crippen molar-refractivity contribution in [3.05, 3.63) is 0 Å². The molecule has 0 aromatic heterocycles. The van der Waals surface area contributed by atoms with Gasteiger partial charge in [-0.3, -0.25) is 37.3 Å². The van der Waals surface area contributed by atoms with Gasteiger partial charge in [0.2, 0.25) is 0 Å². The van der Waals surface area contributed by atoms with Crippen molar-refractivity contribution in [3.8, 4) is 0 Å². The number of phosphoric ester groups is 2. The standard InChI is InChI=1S/C73H142O17P2/c1-9-66(8)52-44-36-31-32-38-46-54-71(76)84-60-69(90-72(77)55-47-39-29-23-14-12-10-11-13-19-25-33-41-49-63(2)3)62-88-92(81,82)86-58-67(74)57-85-91(79,80)87-61-68(89-73(78)56-48-40-30-24-18-16-21-27-35-43-51-65(6)7)59-83-70(75)53-45-37-28-22-17-15-20-26-34-42-50-64(4)5/h63-69,74H,9-62H2,1-8H3,(H,79,80)(H,81,82)/t66?,67-,68-,69-/m1/s1. The maximum absolute atomic E-state index is 13.0. The molecule has 0 aromatic carbocycles. The molecule has 0 spiro atoms. The summed E-state index contributed by atoms with van der Waals surface area (Å²) in [5, 5.41) is 10.6. The van der Waals surface area contributed by atoms with Crippen molar-refractivity contribution >= 4 is 39.5 Å². The van der Waals surface area contributed by atoms with Gasteiger partial charge in [-0.2, -0.15) is 0 Å². The van der Waals surface area contributed by atoms with E-state index in [-0.39, 0.29) is 25.7 Å². The van der Waals surface area contributed by atoms with Crippen LogP contribution in [0.15, 0.2) is 0 Å². The molecule has 0 aliphatic carbocycles. The van der Waals surface area contributed by atoms with Crippen LogP contribution in [0.25, 0.3) is 0 Å². The van der Waals surface area contributed by atoms with E-state index < -0.39 is 97.5 Å². The molecular weight excluding hydrogens is 1210 g/mol. The van der Waals surface area contributed by atoms with Gasteiger partial charge in [0.1, 0.15) is 19.3 Å². The van der Waals surface area contributed by atoms with Crippen LogP contribution < -0.4 is 0 Å². The van der Waals surface area contributed by atoms with E-state index in [1.54, 1.807) is 0 Å². The van der Waals surface area contributed by atoms with Crippen LogP contribution >= 0.6 is 15.6 Å². The first-order chi connectivity index (χ1) is 44.1. The second-order valence-electron chi connectivity index (χ2n) is 28.0. The largest absolute Gasteiger partial charge is 0.472 e. The second-order valence-corrected chi connectivity index (χ2v) is 30.9. The number of hydrogen-bond donors (Lipinski definition) is 3. The molecule has 0 radical (unpaired) electrons. The number of carbonyl (C=O) groups is 4. The molecule has 0 rings (SSSR count). The van der Waals surface area contributed by atoms with Crippen molar-refractivity contribution in [2.75, 3.05) is 39.6 Å². The summed E-state index contributed by atoms with van der Waals surface area (Å²) in [6.45, 7) is 14.1. The van der Waals surface area contributed by atoms with Gasteiger partial charge in [-0.25, -0.2) is 9.13 Å². The monoisotopic (exact) mass is 1350 g/mol. The normalized spacial score (nSPS) is 14.5. The highest BCUT2D eigenvalue weighted by atomic mass is 31.2. The Balaban J connectivity index is 5.26. The molecule has 17 nitrogen and oxygen atoms in total. The Morgan fingerprint density at radius 2 is 0.522 bits per heavy atom. The fourth-order valence-corrected chi connectivity index (χ4v) is 12.6. The highest BCUT2D eigenvalue weighted by molar-refractivity contribution is 7.47. The number of aliphatic hydroxyl groups excluding tert-OH is 1. The maximum Gasteiger partial charge on any atom is 0.472 e. The number of carbonyl (C=O) groups excluding carboxylic acids is 4. The van der Waals surface area contributed by atoms with Gasteiger partial charge in [0.25, 0.3) is 0 Å². The summed E-state index contributed by atoms with van der Waals surface area (Å²) in [4.78, 5) is 72.7. The Morgan fingerprint density at radius 1 is 0.304 bits per heavy atom. The summed E-state index contributed by atoms with van der Waals surface area (Å²) in [6, 6.07) is 0. The average Bonchev–Trinajstić information content (AvgIpc) is 3.25. The number of ether oxygens (including phenoxy) is 4. The zero-order chi connectivity index (χ0) is 68.2. The van der Waals surface area contributed by atoms with Gasteiger partial charge in [-0.15, -0.1) is 0 Å². The Labute approximate surface area is 562 Å². The van der Waals surface area contributed by atoms with Gasteiger partial charge in [-0.1, -0.05) is 312 Å². The number of rotatable bonds is 70. The highest BCUT2D eigenvalue weighted by Gasteiger charge is 2.30. The third kappa shape index (κ3) is 65.4. The van der Waals surface area contributed by atoms with E-state index in [9.17, 15) is 43.2 Å². The lowest BCUT2D eigenvalue weighted by molar-refractivity contribution is -0.161. The molecule has 0 aliphatic rings. The summed E-state index contributed by atoms with van der Waals surface area (Å²) in [6.07, 6.45) is 45.8. The Bertz CT molecular complexity index is 1820. The van der Waals surface area contributed by atoms with Gasteiger partial charge in [-0.05, 0) is 49.4 Å². The minimum Gasteiger partial charge on any atom is -0.462 e. The Morgan fingerprint density at radius 3 is 0.772 bits per heavy atom. The van der Waals surface area contributed by atoms with Crippen LogP contribution in [0.1, 0.15) is 364 Å². The number of hydrogen-bond acceptors (Lipinski definition) is 15. The predicted octanol–water partition coefficient (Wildman–Crippen LogP) is 20.9. The quantitative estimate of drug-likeness (QED) is 0.0222. The molecule has 0 amide bonds. The molecule has 0 aromatic rings. The van der Waals surface area contributed by atoms with E-state index in [0.717, 1.165) is 120 Å². The molecule has 0 fully saturated rings. The van der Waals surface area contributed by atoms with Gasteiger partial charge < -0.3 is 33.8 Å². The molecule has 92 heavy (non-hydrogen) atoms. The van der Waals surface area contributed by atoms with Gasteiger partial charge in [0.05, 0.1) is 26.4 Å². The summed E-state index contributed by atoms with van der Waals surface area (Å²) in [5.74, 6) is 0.902. The molecule has 0 saturated carbocycles. The number of esters is 4. The Kier molecular flexibility index (Phi) is 61.3. The molecule has 546 valence electrons. The van der Waals surface area contributed by atoms with E-state index in [2.05, 4.69) is 55.4 Å². The molecular formula is C73H142O17P2. The van der Waals surface area contributed by atoms with E-state index in [0.29, 0.717) is 25.7 Å². The second kappa shape index (κ2) is 62.6. The van der Waals surface area contributed by atoms with E-state index in [1.165, 1.54) is 161 Å². The van der Waals surface area contributed by atoms with Crippen molar-refractivity contribution in [2.24, 2.45) is 23.7 Å². The van der Waals surface area contributed by atoms with Crippen LogP contribution in [0, 0.1) is 23.7 Å². The lowest BCUT2D eigenvalue weighted by atomic mass is 10.00. The lowest BCUT2D eigenvalue weighted by Crippen LogP contribution is -2.30. The number of phosphoric acid groups is 2. The van der Waals surface area contributed by atoms with Gasteiger partial charge in [0.15, 0.2) is 12.2 Å². The summed E-state index contributed by atoms with van der Waals surface area (Å²) in [5.41, 5.74) is 0. The average molecular weight is 1350 g/mol. The lowest BCUT2D eigenvalue weighted by Gasteiger charge is -2.21. The van der Waals surface area contributed by atoms with E-state index >= 15 is 0 Å². The third-order valence-electron chi connectivity index (χ3n) is 17.2. The molecule has 3 unspecified atom stereocenters. The van der Waals surface area contributed by atoms with Crippen molar-refractivity contribution in [1.29, 1.82) is 0 Å². The van der Waals surface area contributed by atoms with Crippen molar-refractivity contribution in [3.63, 3.8) is 0 Å². The summed E-state index contributed by atoms with van der Waals surface area (Å²) in [7, 11) is -9.91. The smallest absolute Gasteiger partial charge is 0.462 e. The first kappa shape index (κ1) is 90.1. The zero-order valence-corrected chi connectivity index (χ0v) is 62.0. The summed E-state index contributed by atoms with van der Waals surface area (Å²) < 4.78 is 68.4. The van der Waals surface area contributed by atoms with Crippen LogP contribution in [0.3, 0.4) is 0 Å². The minimum absolute atomic E-state index is 0.105. The van der Waals surface area contributed by atoms with Gasteiger partial charge >= 0.3 is 39.5 Å². The predicted molar refractivity (Wildman–Crippen MR) is 372 cm³/mol. The highest BCUT2D eigenvalue weighted by Crippen LogP contribution is 2.45. The van der Waals surface area contributed by atoms with Crippen LogP contribution in [0.2, 0.25) is 0 Å². The molecule has 3 N–H and O–H groups in total. The first-order valence-electron chi connectivity index (χ1n) is 37.7. The molecule has 0 saturated heterocycles. The SMILES string of the molecule is CCC(C)CCCCCCCCC(=O)OC[C@H](COP(=O)(O)OC[C@H](O)COP(=O)(O)OC[C@@H](COC(=O)CCCCCCCCCCCCC(C)C)OC(=O)CCCCCCCCCCCCC(C)C)OC(=O)CCCCCCCCCCCCCCCC(C)C. The molecule has 0 heterocycles. The first-order valence-corrected chi connectivity index (χ1v) is 40.7. The minimum atomic E-state index is -4.95. The van der Waals surface area contributed by atoms with E-state index in [4.69, 9.17) is 37.0 Å². The topological polar surface area (TPSA) is 237 Å².